The van der Waals surface area contributed by atoms with Gasteiger partial charge in [0, 0.05) is 24.8 Å². The molecule has 0 aliphatic heterocycles. The smallest absolute Gasteiger partial charge is 0.0641 e. The average Bonchev–Trinajstić information content (AvgIpc) is 2.77. The molecule has 116 valence electrons. The van der Waals surface area contributed by atoms with Gasteiger partial charge in [-0.05, 0) is 32.2 Å². The molecule has 1 aromatic rings. The van der Waals surface area contributed by atoms with E-state index in [0.717, 1.165) is 12.5 Å². The van der Waals surface area contributed by atoms with Gasteiger partial charge in [0.1, 0.15) is 0 Å². The summed E-state index contributed by atoms with van der Waals surface area (Å²) in [6.45, 7) is 10.1. The minimum atomic E-state index is 0.463. The van der Waals surface area contributed by atoms with Crippen LogP contribution < -0.4 is 5.32 Å². The van der Waals surface area contributed by atoms with Crippen LogP contribution in [0, 0.1) is 12.8 Å². The monoisotopic (exact) mass is 279 g/mol. The minimum absolute atomic E-state index is 0.463. The van der Waals surface area contributed by atoms with E-state index in [-0.39, 0.29) is 0 Å². The lowest BCUT2D eigenvalue weighted by Crippen LogP contribution is -2.25. The maximum absolute atomic E-state index is 4.51. The molecular weight excluding hydrogens is 246 g/mol. The normalized spacial score (nSPS) is 14.4. The molecule has 0 aliphatic rings. The highest BCUT2D eigenvalue weighted by molar-refractivity contribution is 5.20. The molecule has 2 atom stereocenters. The summed E-state index contributed by atoms with van der Waals surface area (Å²) in [7, 11) is 2.02. The van der Waals surface area contributed by atoms with Crippen LogP contribution >= 0.6 is 0 Å². The molecule has 0 fully saturated rings. The van der Waals surface area contributed by atoms with Gasteiger partial charge in [-0.3, -0.25) is 4.68 Å². The van der Waals surface area contributed by atoms with Crippen LogP contribution in [0.25, 0.3) is 0 Å². The lowest BCUT2D eigenvalue weighted by atomic mass is 9.89. The Morgan fingerprint density at radius 3 is 2.50 bits per heavy atom. The van der Waals surface area contributed by atoms with Crippen LogP contribution in [0.4, 0.5) is 0 Å². The summed E-state index contributed by atoms with van der Waals surface area (Å²) in [5.74, 6) is 0.823. The summed E-state index contributed by atoms with van der Waals surface area (Å²) < 4.78 is 1.94. The molecule has 0 saturated carbocycles. The highest BCUT2D eigenvalue weighted by Gasteiger charge is 2.19. The molecular formula is C17H33N3. The zero-order chi connectivity index (χ0) is 15.0. The molecule has 2 unspecified atom stereocenters. The van der Waals surface area contributed by atoms with Gasteiger partial charge in [0.2, 0.25) is 0 Å². The molecule has 3 heteroatoms. The van der Waals surface area contributed by atoms with E-state index in [1.54, 1.807) is 0 Å². The lowest BCUT2D eigenvalue weighted by molar-refractivity contribution is 0.353. The Bertz CT molecular complexity index is 370. The molecule has 3 nitrogen and oxygen atoms in total. The van der Waals surface area contributed by atoms with E-state index >= 15 is 0 Å². The van der Waals surface area contributed by atoms with Crippen molar-refractivity contribution in [2.75, 3.05) is 6.54 Å². The van der Waals surface area contributed by atoms with Crippen LogP contribution in [-0.2, 0) is 7.05 Å². The number of unbranched alkanes of at least 4 members (excludes halogenated alkanes) is 1. The lowest BCUT2D eigenvalue weighted by Gasteiger charge is -2.23. The third-order valence-corrected chi connectivity index (χ3v) is 4.18. The maximum atomic E-state index is 4.51. The van der Waals surface area contributed by atoms with Gasteiger partial charge in [0.25, 0.3) is 0 Å². The van der Waals surface area contributed by atoms with Gasteiger partial charge in [-0.25, -0.2) is 0 Å². The first kappa shape index (κ1) is 17.2. The average molecular weight is 279 g/mol. The number of rotatable bonds is 10. The number of hydrogen-bond acceptors (Lipinski definition) is 2. The molecule has 20 heavy (non-hydrogen) atoms. The summed E-state index contributed by atoms with van der Waals surface area (Å²) in [6.07, 6.45) is 9.90. The third kappa shape index (κ3) is 5.28. The van der Waals surface area contributed by atoms with Gasteiger partial charge >= 0.3 is 0 Å². The predicted octanol–water partition coefficient (Wildman–Crippen LogP) is 4.38. The van der Waals surface area contributed by atoms with Crippen LogP contribution in [0.1, 0.15) is 76.6 Å². The van der Waals surface area contributed by atoms with Crippen molar-refractivity contribution in [1.29, 1.82) is 0 Å². The molecule has 0 radical (unpaired) electrons. The number of aryl methyl sites for hydroxylation is 2. The van der Waals surface area contributed by atoms with Crippen molar-refractivity contribution in [1.82, 2.24) is 15.1 Å². The molecule has 1 aromatic heterocycles. The van der Waals surface area contributed by atoms with Crippen LogP contribution in [0.3, 0.4) is 0 Å². The molecule has 1 heterocycles. The Morgan fingerprint density at radius 2 is 2.00 bits per heavy atom. The van der Waals surface area contributed by atoms with E-state index in [4.69, 9.17) is 0 Å². The summed E-state index contributed by atoms with van der Waals surface area (Å²) in [5.41, 5.74) is 2.56. The molecule has 0 aromatic carbocycles. The fourth-order valence-electron chi connectivity index (χ4n) is 2.91. The number of aromatic nitrogens is 2. The first-order valence-electron chi connectivity index (χ1n) is 8.35. The maximum Gasteiger partial charge on any atom is 0.0641 e. The Kier molecular flexibility index (Phi) is 7.90. The van der Waals surface area contributed by atoms with Crippen molar-refractivity contribution in [3.05, 3.63) is 17.5 Å². The van der Waals surface area contributed by atoms with Crippen LogP contribution in [-0.4, -0.2) is 16.3 Å². The Morgan fingerprint density at radius 1 is 1.25 bits per heavy atom. The Hall–Kier alpha value is -0.830. The molecule has 0 amide bonds. The van der Waals surface area contributed by atoms with Crippen LogP contribution in [0.5, 0.6) is 0 Å². The van der Waals surface area contributed by atoms with E-state index in [0.29, 0.717) is 6.04 Å². The van der Waals surface area contributed by atoms with Crippen molar-refractivity contribution < 1.29 is 0 Å². The summed E-state index contributed by atoms with van der Waals surface area (Å²) >= 11 is 0. The van der Waals surface area contributed by atoms with Gasteiger partial charge in [0.15, 0.2) is 0 Å². The first-order chi connectivity index (χ1) is 9.62. The fourth-order valence-corrected chi connectivity index (χ4v) is 2.91. The van der Waals surface area contributed by atoms with Gasteiger partial charge in [-0.1, -0.05) is 46.5 Å². The fraction of sp³-hybridized carbons (Fsp3) is 0.824. The van der Waals surface area contributed by atoms with Crippen molar-refractivity contribution in [3.63, 3.8) is 0 Å². The second-order valence-corrected chi connectivity index (χ2v) is 6.00. The molecule has 0 bridgehead atoms. The summed E-state index contributed by atoms with van der Waals surface area (Å²) in [5, 5.41) is 8.24. The summed E-state index contributed by atoms with van der Waals surface area (Å²) in [6, 6.07) is 0.463. The third-order valence-electron chi connectivity index (χ3n) is 4.18. The van der Waals surface area contributed by atoms with E-state index in [1.165, 1.54) is 49.8 Å². The minimum Gasteiger partial charge on any atom is -0.310 e. The Balaban J connectivity index is 2.75. The number of nitrogens with one attached hydrogen (secondary N) is 1. The van der Waals surface area contributed by atoms with Crippen molar-refractivity contribution in [3.8, 4) is 0 Å². The van der Waals surface area contributed by atoms with Gasteiger partial charge in [-0.2, -0.15) is 5.10 Å². The Labute approximate surface area is 125 Å². The second kappa shape index (κ2) is 9.17. The first-order valence-corrected chi connectivity index (χ1v) is 8.35. The number of nitrogens with zero attached hydrogens (tertiary/aromatic N) is 2. The topological polar surface area (TPSA) is 29.9 Å². The van der Waals surface area contributed by atoms with Crippen molar-refractivity contribution in [2.24, 2.45) is 13.0 Å². The number of hydrogen-bond donors (Lipinski definition) is 1. The zero-order valence-corrected chi connectivity index (χ0v) is 14.1. The highest BCUT2D eigenvalue weighted by Crippen LogP contribution is 2.28. The highest BCUT2D eigenvalue weighted by atomic mass is 15.3. The van der Waals surface area contributed by atoms with Gasteiger partial charge in [-0.15, -0.1) is 0 Å². The van der Waals surface area contributed by atoms with Crippen LogP contribution in [0.15, 0.2) is 6.20 Å². The second-order valence-electron chi connectivity index (χ2n) is 6.00. The quantitative estimate of drug-likeness (QED) is 0.689. The molecule has 1 N–H and O–H groups in total. The predicted molar refractivity (Wildman–Crippen MR) is 86.9 cm³/mol. The van der Waals surface area contributed by atoms with Gasteiger partial charge in [0.05, 0.1) is 5.69 Å². The zero-order valence-electron chi connectivity index (χ0n) is 14.1. The summed E-state index contributed by atoms with van der Waals surface area (Å²) in [4.78, 5) is 0. The van der Waals surface area contributed by atoms with Crippen molar-refractivity contribution in [2.45, 2.75) is 72.3 Å². The van der Waals surface area contributed by atoms with Gasteiger partial charge < -0.3 is 5.32 Å². The molecule has 0 spiro atoms. The van der Waals surface area contributed by atoms with E-state index in [1.807, 2.05) is 11.7 Å². The van der Waals surface area contributed by atoms with E-state index < -0.39 is 0 Å². The SMILES string of the molecule is CCCCC(CC)CC(NCCC)c1cn(C)nc1C. The standard InChI is InChI=1S/C17H33N3/c1-6-9-10-15(8-3)12-17(18-11-7-2)16-13-20(5)19-14(16)4/h13,15,17-18H,6-12H2,1-5H3. The van der Waals surface area contributed by atoms with E-state index in [9.17, 15) is 0 Å². The molecule has 0 saturated heterocycles. The molecule has 0 aliphatic carbocycles. The molecule has 1 rings (SSSR count). The van der Waals surface area contributed by atoms with Crippen molar-refractivity contribution >= 4 is 0 Å². The van der Waals surface area contributed by atoms with E-state index in [2.05, 4.69) is 44.3 Å². The van der Waals surface area contributed by atoms with Crippen LogP contribution in [0.2, 0.25) is 0 Å². The largest absolute Gasteiger partial charge is 0.310 e.